The van der Waals surface area contributed by atoms with Crippen LogP contribution in [-0.4, -0.2) is 22.0 Å². The molecule has 0 radical (unpaired) electrons. The van der Waals surface area contributed by atoms with Crippen molar-refractivity contribution in [3.8, 4) is 5.75 Å². The molecule has 1 aliphatic rings. The summed E-state index contributed by atoms with van der Waals surface area (Å²) in [5.74, 6) is -1.15. The molecular weight excluding hydrogens is 257 g/mol. The number of rotatable bonds is 2. The minimum Gasteiger partial charge on any atom is -0.508 e. The van der Waals surface area contributed by atoms with E-state index in [2.05, 4.69) is 0 Å². The molecular formula is C14H17F3O2. The molecule has 2 nitrogen and oxygen atoms in total. The molecule has 2 rings (SSSR count). The van der Waals surface area contributed by atoms with Crippen molar-refractivity contribution in [2.45, 2.75) is 43.9 Å². The van der Waals surface area contributed by atoms with Crippen LogP contribution in [0.2, 0.25) is 0 Å². The molecule has 0 unspecified atom stereocenters. The van der Waals surface area contributed by atoms with Gasteiger partial charge in [0.05, 0.1) is 11.5 Å². The molecule has 5 heteroatoms. The van der Waals surface area contributed by atoms with Crippen LogP contribution >= 0.6 is 0 Å². The van der Waals surface area contributed by atoms with Gasteiger partial charge in [-0.05, 0) is 43.4 Å². The summed E-state index contributed by atoms with van der Waals surface area (Å²) in [6.45, 7) is 0. The minimum absolute atomic E-state index is 0.0158. The SMILES string of the molecule is Oc1ccc(CC2(O)CCC(C(F)(F)F)CC2)cc1. The van der Waals surface area contributed by atoms with Crippen LogP contribution in [0.4, 0.5) is 13.2 Å². The van der Waals surface area contributed by atoms with Gasteiger partial charge in [0, 0.05) is 6.42 Å². The number of aliphatic hydroxyl groups is 1. The van der Waals surface area contributed by atoms with Crippen LogP contribution in [0.15, 0.2) is 24.3 Å². The molecule has 106 valence electrons. The average molecular weight is 274 g/mol. The maximum Gasteiger partial charge on any atom is 0.391 e. The minimum atomic E-state index is -4.15. The van der Waals surface area contributed by atoms with Crippen molar-refractivity contribution < 1.29 is 23.4 Å². The number of hydrogen-bond donors (Lipinski definition) is 2. The van der Waals surface area contributed by atoms with E-state index < -0.39 is 17.7 Å². The Balaban J connectivity index is 1.96. The van der Waals surface area contributed by atoms with Gasteiger partial charge in [-0.15, -0.1) is 0 Å². The second kappa shape index (κ2) is 5.04. The molecule has 0 atom stereocenters. The van der Waals surface area contributed by atoms with E-state index in [4.69, 9.17) is 5.11 Å². The third kappa shape index (κ3) is 3.62. The summed E-state index contributed by atoms with van der Waals surface area (Å²) < 4.78 is 37.7. The van der Waals surface area contributed by atoms with E-state index in [9.17, 15) is 18.3 Å². The Morgan fingerprint density at radius 3 is 2.11 bits per heavy atom. The first-order valence-electron chi connectivity index (χ1n) is 6.35. The van der Waals surface area contributed by atoms with E-state index in [1.165, 1.54) is 12.1 Å². The third-order valence-corrected chi connectivity index (χ3v) is 3.85. The Bertz CT molecular complexity index is 417. The lowest BCUT2D eigenvalue weighted by Gasteiger charge is -2.36. The van der Waals surface area contributed by atoms with Crippen LogP contribution in [0.5, 0.6) is 5.75 Å². The summed E-state index contributed by atoms with van der Waals surface area (Å²) >= 11 is 0. The zero-order valence-electron chi connectivity index (χ0n) is 10.5. The van der Waals surface area contributed by atoms with E-state index in [0.717, 1.165) is 5.56 Å². The molecule has 1 saturated carbocycles. The van der Waals surface area contributed by atoms with E-state index >= 15 is 0 Å². The second-order valence-corrected chi connectivity index (χ2v) is 5.38. The molecule has 1 aliphatic carbocycles. The van der Waals surface area contributed by atoms with Gasteiger partial charge in [0.25, 0.3) is 0 Å². The Labute approximate surface area is 109 Å². The fourth-order valence-corrected chi connectivity index (χ4v) is 2.65. The third-order valence-electron chi connectivity index (χ3n) is 3.85. The number of benzene rings is 1. The monoisotopic (exact) mass is 274 g/mol. The van der Waals surface area contributed by atoms with E-state index in [0.29, 0.717) is 6.42 Å². The first-order chi connectivity index (χ1) is 8.78. The van der Waals surface area contributed by atoms with Gasteiger partial charge in [-0.25, -0.2) is 0 Å². The lowest BCUT2D eigenvalue weighted by molar-refractivity contribution is -0.192. The van der Waals surface area contributed by atoms with E-state index in [1.54, 1.807) is 12.1 Å². The van der Waals surface area contributed by atoms with Crippen LogP contribution in [0.25, 0.3) is 0 Å². The molecule has 0 heterocycles. The van der Waals surface area contributed by atoms with Gasteiger partial charge >= 0.3 is 6.18 Å². The highest BCUT2D eigenvalue weighted by Crippen LogP contribution is 2.42. The number of phenols is 1. The van der Waals surface area contributed by atoms with Gasteiger partial charge < -0.3 is 10.2 Å². The smallest absolute Gasteiger partial charge is 0.391 e. The molecule has 1 fully saturated rings. The van der Waals surface area contributed by atoms with Crippen molar-refractivity contribution in [3.63, 3.8) is 0 Å². The molecule has 0 saturated heterocycles. The first-order valence-corrected chi connectivity index (χ1v) is 6.35. The summed E-state index contributed by atoms with van der Waals surface area (Å²) in [7, 11) is 0. The van der Waals surface area contributed by atoms with Gasteiger partial charge in [0.1, 0.15) is 5.75 Å². The fraction of sp³-hybridized carbons (Fsp3) is 0.571. The molecule has 2 N–H and O–H groups in total. The lowest BCUT2D eigenvalue weighted by Crippen LogP contribution is -2.39. The van der Waals surface area contributed by atoms with Gasteiger partial charge in [-0.3, -0.25) is 0 Å². The molecule has 1 aromatic rings. The van der Waals surface area contributed by atoms with Crippen LogP contribution in [0, 0.1) is 5.92 Å². The summed E-state index contributed by atoms with van der Waals surface area (Å²) in [5, 5.41) is 19.5. The number of phenolic OH excluding ortho intramolecular Hbond substituents is 1. The predicted octanol–water partition coefficient (Wildman–Crippen LogP) is 3.42. The van der Waals surface area contributed by atoms with Crippen LogP contribution in [0.1, 0.15) is 31.2 Å². The Kier molecular flexibility index (Phi) is 3.76. The molecule has 0 bridgehead atoms. The normalized spacial score (nSPS) is 28.3. The number of halogens is 3. The standard InChI is InChI=1S/C14H17F3O2/c15-14(16,17)11-5-7-13(19,8-6-11)9-10-1-3-12(18)4-2-10/h1-4,11,18-19H,5-9H2. The van der Waals surface area contributed by atoms with Crippen molar-refractivity contribution in [3.05, 3.63) is 29.8 Å². The van der Waals surface area contributed by atoms with Gasteiger partial charge in [-0.2, -0.15) is 13.2 Å². The topological polar surface area (TPSA) is 40.5 Å². The molecule has 0 aromatic heterocycles. The molecule has 0 spiro atoms. The zero-order valence-corrected chi connectivity index (χ0v) is 10.5. The van der Waals surface area contributed by atoms with Crippen molar-refractivity contribution in [1.29, 1.82) is 0 Å². The molecule has 1 aromatic carbocycles. The van der Waals surface area contributed by atoms with Crippen molar-refractivity contribution in [2.24, 2.45) is 5.92 Å². The summed E-state index contributed by atoms with van der Waals surface area (Å²) in [6.07, 6.45) is -3.52. The number of alkyl halides is 3. The summed E-state index contributed by atoms with van der Waals surface area (Å²) in [6, 6.07) is 6.40. The number of hydrogen-bond acceptors (Lipinski definition) is 2. The zero-order chi connectivity index (χ0) is 14.1. The highest BCUT2D eigenvalue weighted by molar-refractivity contribution is 5.27. The van der Waals surface area contributed by atoms with Crippen molar-refractivity contribution in [2.75, 3.05) is 0 Å². The predicted molar refractivity (Wildman–Crippen MR) is 64.8 cm³/mol. The fourth-order valence-electron chi connectivity index (χ4n) is 2.65. The molecule has 0 amide bonds. The van der Waals surface area contributed by atoms with E-state index in [1.807, 2.05) is 0 Å². The first kappa shape index (κ1) is 14.2. The second-order valence-electron chi connectivity index (χ2n) is 5.38. The summed E-state index contributed by atoms with van der Waals surface area (Å²) in [4.78, 5) is 0. The largest absolute Gasteiger partial charge is 0.508 e. The Morgan fingerprint density at radius 2 is 1.63 bits per heavy atom. The molecule has 0 aliphatic heterocycles. The van der Waals surface area contributed by atoms with Crippen LogP contribution in [0.3, 0.4) is 0 Å². The maximum atomic E-state index is 12.6. The van der Waals surface area contributed by atoms with Crippen molar-refractivity contribution >= 4 is 0 Å². The van der Waals surface area contributed by atoms with Gasteiger partial charge in [-0.1, -0.05) is 12.1 Å². The average Bonchev–Trinajstić information content (AvgIpc) is 2.31. The van der Waals surface area contributed by atoms with Gasteiger partial charge in [0.2, 0.25) is 0 Å². The van der Waals surface area contributed by atoms with Crippen LogP contribution in [-0.2, 0) is 6.42 Å². The highest BCUT2D eigenvalue weighted by atomic mass is 19.4. The quantitative estimate of drug-likeness (QED) is 0.867. The maximum absolute atomic E-state index is 12.6. The highest BCUT2D eigenvalue weighted by Gasteiger charge is 2.45. The lowest BCUT2D eigenvalue weighted by atomic mass is 9.75. The van der Waals surface area contributed by atoms with Gasteiger partial charge in [0.15, 0.2) is 0 Å². The Hall–Kier alpha value is -1.23. The van der Waals surface area contributed by atoms with E-state index in [-0.39, 0.29) is 31.4 Å². The van der Waals surface area contributed by atoms with Crippen LogP contribution < -0.4 is 0 Å². The molecule has 19 heavy (non-hydrogen) atoms. The summed E-state index contributed by atoms with van der Waals surface area (Å²) in [5.41, 5.74) is -0.232. The Morgan fingerprint density at radius 1 is 1.11 bits per heavy atom. The number of aromatic hydroxyl groups is 1. The van der Waals surface area contributed by atoms with Crippen molar-refractivity contribution in [1.82, 2.24) is 0 Å².